The van der Waals surface area contributed by atoms with Gasteiger partial charge in [0.2, 0.25) is 0 Å². The van der Waals surface area contributed by atoms with E-state index in [1.807, 2.05) is 13.0 Å². The molecule has 0 aliphatic carbocycles. The van der Waals surface area contributed by atoms with Crippen molar-refractivity contribution in [3.63, 3.8) is 0 Å². The molecule has 0 aliphatic rings. The van der Waals surface area contributed by atoms with E-state index in [9.17, 15) is 0 Å². The number of aryl methyl sites for hydroxylation is 1. The van der Waals surface area contributed by atoms with Crippen LogP contribution in [0.4, 0.5) is 5.69 Å². The minimum atomic E-state index is 0.442. The summed E-state index contributed by atoms with van der Waals surface area (Å²) in [4.78, 5) is 0. The van der Waals surface area contributed by atoms with Gasteiger partial charge in [-0.05, 0) is 41.5 Å². The van der Waals surface area contributed by atoms with Gasteiger partial charge >= 0.3 is 0 Å². The fourth-order valence-electron chi connectivity index (χ4n) is 2.13. The van der Waals surface area contributed by atoms with Gasteiger partial charge in [0.05, 0.1) is 7.11 Å². The molecule has 2 rings (SSSR count). The van der Waals surface area contributed by atoms with Gasteiger partial charge in [0.1, 0.15) is 5.75 Å². The SMILES string of the molecule is COc1cc2c(N)c(C)ccc2cc1C(C)C. The second-order valence-corrected chi connectivity index (χ2v) is 4.77. The molecule has 0 radical (unpaired) electrons. The molecule has 0 bridgehead atoms. The molecule has 0 aromatic heterocycles. The number of rotatable bonds is 2. The van der Waals surface area contributed by atoms with Gasteiger partial charge in [0.25, 0.3) is 0 Å². The highest BCUT2D eigenvalue weighted by molar-refractivity contribution is 5.96. The van der Waals surface area contributed by atoms with Crippen LogP contribution in [0.25, 0.3) is 10.8 Å². The van der Waals surface area contributed by atoms with Crippen molar-refractivity contribution in [1.29, 1.82) is 0 Å². The summed E-state index contributed by atoms with van der Waals surface area (Å²) in [6.07, 6.45) is 0. The van der Waals surface area contributed by atoms with Gasteiger partial charge in [-0.3, -0.25) is 0 Å². The standard InChI is InChI=1S/C15H19NO/c1-9(2)12-7-11-6-5-10(3)15(16)13(11)8-14(12)17-4/h5-9H,16H2,1-4H3. The maximum atomic E-state index is 6.11. The van der Waals surface area contributed by atoms with E-state index < -0.39 is 0 Å². The predicted octanol–water partition coefficient (Wildman–Crippen LogP) is 3.86. The number of hydrogen-bond donors (Lipinski definition) is 1. The summed E-state index contributed by atoms with van der Waals surface area (Å²) in [6.45, 7) is 6.36. The van der Waals surface area contributed by atoms with Crippen molar-refractivity contribution in [1.82, 2.24) is 0 Å². The van der Waals surface area contributed by atoms with E-state index in [1.54, 1.807) is 7.11 Å². The van der Waals surface area contributed by atoms with E-state index in [0.717, 1.165) is 22.4 Å². The average Bonchev–Trinajstić information content (AvgIpc) is 2.32. The molecule has 0 unspecified atom stereocenters. The highest BCUT2D eigenvalue weighted by atomic mass is 16.5. The first kappa shape index (κ1) is 11.8. The van der Waals surface area contributed by atoms with Crippen molar-refractivity contribution in [3.8, 4) is 5.75 Å². The number of methoxy groups -OCH3 is 1. The Bertz CT molecular complexity index is 558. The van der Waals surface area contributed by atoms with Crippen LogP contribution in [0.1, 0.15) is 30.9 Å². The Balaban J connectivity index is 2.78. The summed E-state index contributed by atoms with van der Waals surface area (Å²) in [7, 11) is 1.71. The predicted molar refractivity (Wildman–Crippen MR) is 73.7 cm³/mol. The van der Waals surface area contributed by atoms with E-state index >= 15 is 0 Å². The van der Waals surface area contributed by atoms with Crippen LogP contribution < -0.4 is 10.5 Å². The Morgan fingerprint density at radius 3 is 2.47 bits per heavy atom. The molecule has 0 aliphatic heterocycles. The van der Waals surface area contributed by atoms with Crippen molar-refractivity contribution in [2.24, 2.45) is 0 Å². The first-order chi connectivity index (χ1) is 8.04. The maximum Gasteiger partial charge on any atom is 0.123 e. The molecule has 90 valence electrons. The second-order valence-electron chi connectivity index (χ2n) is 4.77. The van der Waals surface area contributed by atoms with E-state index in [0.29, 0.717) is 5.92 Å². The lowest BCUT2D eigenvalue weighted by Gasteiger charge is -2.15. The Morgan fingerprint density at radius 2 is 1.88 bits per heavy atom. The van der Waals surface area contributed by atoms with Gasteiger partial charge in [0.15, 0.2) is 0 Å². The van der Waals surface area contributed by atoms with Crippen LogP contribution in [0, 0.1) is 6.92 Å². The van der Waals surface area contributed by atoms with Crippen LogP contribution in [-0.2, 0) is 0 Å². The zero-order valence-corrected chi connectivity index (χ0v) is 10.9. The average molecular weight is 229 g/mol. The van der Waals surface area contributed by atoms with Crippen molar-refractivity contribution in [2.75, 3.05) is 12.8 Å². The van der Waals surface area contributed by atoms with Gasteiger partial charge in [0, 0.05) is 11.1 Å². The lowest BCUT2D eigenvalue weighted by molar-refractivity contribution is 0.408. The number of hydrogen-bond acceptors (Lipinski definition) is 2. The van der Waals surface area contributed by atoms with Gasteiger partial charge < -0.3 is 10.5 Å². The highest BCUT2D eigenvalue weighted by Crippen LogP contribution is 2.34. The summed E-state index contributed by atoms with van der Waals surface area (Å²) in [5.41, 5.74) is 9.29. The molecular weight excluding hydrogens is 210 g/mol. The molecule has 2 aromatic rings. The van der Waals surface area contributed by atoms with Crippen LogP contribution in [-0.4, -0.2) is 7.11 Å². The van der Waals surface area contributed by atoms with E-state index in [2.05, 4.69) is 32.0 Å². The third-order valence-corrected chi connectivity index (χ3v) is 3.25. The largest absolute Gasteiger partial charge is 0.496 e. The van der Waals surface area contributed by atoms with Gasteiger partial charge in [-0.15, -0.1) is 0 Å². The molecule has 2 N–H and O–H groups in total. The Labute approximate surface area is 102 Å². The van der Waals surface area contributed by atoms with E-state index in [-0.39, 0.29) is 0 Å². The molecule has 17 heavy (non-hydrogen) atoms. The van der Waals surface area contributed by atoms with E-state index in [4.69, 9.17) is 10.5 Å². The summed E-state index contributed by atoms with van der Waals surface area (Å²) in [6, 6.07) is 8.40. The van der Waals surface area contributed by atoms with Crippen LogP contribution in [0.2, 0.25) is 0 Å². The molecule has 0 spiro atoms. The zero-order chi connectivity index (χ0) is 12.6. The first-order valence-electron chi connectivity index (χ1n) is 5.91. The van der Waals surface area contributed by atoms with Crippen molar-refractivity contribution >= 4 is 16.5 Å². The third-order valence-electron chi connectivity index (χ3n) is 3.25. The number of nitrogen functional groups attached to an aromatic ring is 1. The van der Waals surface area contributed by atoms with Gasteiger partial charge in [-0.1, -0.05) is 26.0 Å². The van der Waals surface area contributed by atoms with Crippen LogP contribution >= 0.6 is 0 Å². The molecule has 0 atom stereocenters. The molecule has 0 amide bonds. The highest BCUT2D eigenvalue weighted by Gasteiger charge is 2.11. The Kier molecular flexibility index (Phi) is 2.97. The summed E-state index contributed by atoms with van der Waals surface area (Å²) in [5, 5.41) is 2.25. The maximum absolute atomic E-state index is 6.11. The number of benzene rings is 2. The number of fused-ring (bicyclic) bond motifs is 1. The van der Waals surface area contributed by atoms with Gasteiger partial charge in [-0.2, -0.15) is 0 Å². The zero-order valence-electron chi connectivity index (χ0n) is 10.9. The Hall–Kier alpha value is -1.70. The second kappa shape index (κ2) is 4.28. The fourth-order valence-corrected chi connectivity index (χ4v) is 2.13. The van der Waals surface area contributed by atoms with Gasteiger partial charge in [-0.25, -0.2) is 0 Å². The summed E-state index contributed by atoms with van der Waals surface area (Å²) in [5.74, 6) is 1.36. The molecule has 0 saturated carbocycles. The van der Waals surface area contributed by atoms with Crippen molar-refractivity contribution in [3.05, 3.63) is 35.4 Å². The number of anilines is 1. The van der Waals surface area contributed by atoms with E-state index in [1.165, 1.54) is 10.9 Å². The van der Waals surface area contributed by atoms with Crippen LogP contribution in [0.5, 0.6) is 5.75 Å². The minimum absolute atomic E-state index is 0.442. The van der Waals surface area contributed by atoms with Crippen molar-refractivity contribution in [2.45, 2.75) is 26.7 Å². The molecule has 2 nitrogen and oxygen atoms in total. The fraction of sp³-hybridized carbons (Fsp3) is 0.333. The topological polar surface area (TPSA) is 35.2 Å². The Morgan fingerprint density at radius 1 is 1.18 bits per heavy atom. The molecule has 2 aromatic carbocycles. The van der Waals surface area contributed by atoms with Crippen LogP contribution in [0.15, 0.2) is 24.3 Å². The first-order valence-corrected chi connectivity index (χ1v) is 5.91. The molecule has 0 fully saturated rings. The number of nitrogens with two attached hydrogens (primary N) is 1. The quantitative estimate of drug-likeness (QED) is 0.793. The van der Waals surface area contributed by atoms with Crippen LogP contribution in [0.3, 0.4) is 0 Å². The molecule has 0 saturated heterocycles. The lowest BCUT2D eigenvalue weighted by Crippen LogP contribution is -1.97. The number of ether oxygens (including phenoxy) is 1. The minimum Gasteiger partial charge on any atom is -0.496 e. The lowest BCUT2D eigenvalue weighted by atomic mass is 9.96. The molecule has 0 heterocycles. The summed E-state index contributed by atoms with van der Waals surface area (Å²) < 4.78 is 5.45. The summed E-state index contributed by atoms with van der Waals surface area (Å²) >= 11 is 0. The third kappa shape index (κ3) is 1.95. The smallest absolute Gasteiger partial charge is 0.123 e. The molecule has 2 heteroatoms. The molecular formula is C15H19NO. The normalized spacial score (nSPS) is 11.1. The monoisotopic (exact) mass is 229 g/mol. The van der Waals surface area contributed by atoms with Crippen molar-refractivity contribution < 1.29 is 4.74 Å².